The van der Waals surface area contributed by atoms with Gasteiger partial charge in [0.05, 0.1) is 0 Å². The van der Waals surface area contributed by atoms with Crippen LogP contribution in [0.3, 0.4) is 0 Å². The minimum Gasteiger partial charge on any atom is -0.331 e. The zero-order valence-corrected chi connectivity index (χ0v) is 9.92. The molecule has 86 valence electrons. The summed E-state index contributed by atoms with van der Waals surface area (Å²) in [7, 11) is 3.51. The molecule has 0 aromatic heterocycles. The maximum absolute atomic E-state index is 11.6. The molecule has 0 heterocycles. The molecule has 0 saturated carbocycles. The summed E-state index contributed by atoms with van der Waals surface area (Å²) in [4.78, 5) is 13.2. The first-order valence-electron chi connectivity index (χ1n) is 5.77. The summed E-state index contributed by atoms with van der Waals surface area (Å²) in [6, 6.07) is 6.12. The van der Waals surface area contributed by atoms with Crippen LogP contribution in [-0.4, -0.2) is 25.0 Å². The summed E-state index contributed by atoms with van der Waals surface area (Å²) >= 11 is 0. The van der Waals surface area contributed by atoms with Crippen LogP contribution < -0.4 is 5.32 Å². The largest absolute Gasteiger partial charge is 0.331 e. The number of anilines is 1. The van der Waals surface area contributed by atoms with Crippen molar-refractivity contribution in [1.29, 1.82) is 0 Å². The Kier molecular flexibility index (Phi) is 3.13. The maximum atomic E-state index is 11.6. The van der Waals surface area contributed by atoms with E-state index in [1.54, 1.807) is 19.0 Å². The number of rotatable bonds is 1. The summed E-state index contributed by atoms with van der Waals surface area (Å²) < 4.78 is 0. The van der Waals surface area contributed by atoms with Crippen LogP contribution >= 0.6 is 0 Å². The van der Waals surface area contributed by atoms with Gasteiger partial charge in [-0.3, -0.25) is 0 Å². The number of aryl methyl sites for hydroxylation is 1. The number of fused-ring (bicyclic) bond motifs is 1. The molecule has 0 unspecified atom stereocenters. The van der Waals surface area contributed by atoms with E-state index in [1.165, 1.54) is 24.0 Å². The Morgan fingerprint density at radius 2 is 2.00 bits per heavy atom. The lowest BCUT2D eigenvalue weighted by Crippen LogP contribution is -2.28. The third kappa shape index (κ3) is 2.18. The second kappa shape index (κ2) is 4.56. The first-order valence-corrected chi connectivity index (χ1v) is 5.77. The minimum absolute atomic E-state index is 0.0565. The molecule has 0 fully saturated rings. The van der Waals surface area contributed by atoms with Crippen molar-refractivity contribution in [2.75, 3.05) is 19.4 Å². The van der Waals surface area contributed by atoms with Gasteiger partial charge in [-0.2, -0.15) is 0 Å². The molecule has 0 aliphatic heterocycles. The van der Waals surface area contributed by atoms with E-state index in [9.17, 15) is 4.79 Å². The summed E-state index contributed by atoms with van der Waals surface area (Å²) in [6.45, 7) is 0. The minimum atomic E-state index is -0.0565. The summed E-state index contributed by atoms with van der Waals surface area (Å²) in [6.07, 6.45) is 4.71. The molecular weight excluding hydrogens is 200 g/mol. The highest BCUT2D eigenvalue weighted by Gasteiger charge is 2.14. The lowest BCUT2D eigenvalue weighted by atomic mass is 9.90. The van der Waals surface area contributed by atoms with Crippen molar-refractivity contribution in [3.63, 3.8) is 0 Å². The number of carbonyl (C=O) groups is 1. The number of hydrogen-bond acceptors (Lipinski definition) is 1. The first kappa shape index (κ1) is 11.0. The van der Waals surface area contributed by atoms with Crippen molar-refractivity contribution in [1.82, 2.24) is 4.90 Å². The maximum Gasteiger partial charge on any atom is 0.321 e. The number of benzene rings is 1. The molecule has 0 atom stereocenters. The quantitative estimate of drug-likeness (QED) is 0.772. The second-order valence-electron chi connectivity index (χ2n) is 4.47. The van der Waals surface area contributed by atoms with E-state index < -0.39 is 0 Å². The van der Waals surface area contributed by atoms with E-state index in [1.807, 2.05) is 12.1 Å². The van der Waals surface area contributed by atoms with Crippen LogP contribution in [0.4, 0.5) is 10.5 Å². The predicted octanol–water partition coefficient (Wildman–Crippen LogP) is 2.66. The molecule has 1 aromatic carbocycles. The third-order valence-electron chi connectivity index (χ3n) is 3.04. The van der Waals surface area contributed by atoms with E-state index >= 15 is 0 Å². The Hall–Kier alpha value is -1.51. The number of hydrogen-bond donors (Lipinski definition) is 1. The molecule has 0 bridgehead atoms. The van der Waals surface area contributed by atoms with Crippen LogP contribution in [0.5, 0.6) is 0 Å². The summed E-state index contributed by atoms with van der Waals surface area (Å²) in [5, 5.41) is 2.96. The van der Waals surface area contributed by atoms with Gasteiger partial charge in [0.25, 0.3) is 0 Å². The van der Waals surface area contributed by atoms with Gasteiger partial charge in [0.1, 0.15) is 0 Å². The highest BCUT2D eigenvalue weighted by Crippen LogP contribution is 2.27. The van der Waals surface area contributed by atoms with Crippen molar-refractivity contribution >= 4 is 11.7 Å². The molecule has 3 heteroatoms. The van der Waals surface area contributed by atoms with E-state index in [4.69, 9.17) is 0 Å². The van der Waals surface area contributed by atoms with Crippen molar-refractivity contribution in [3.8, 4) is 0 Å². The van der Waals surface area contributed by atoms with Gasteiger partial charge in [0, 0.05) is 19.8 Å². The Balaban J connectivity index is 2.24. The zero-order chi connectivity index (χ0) is 11.5. The van der Waals surface area contributed by atoms with Crippen LogP contribution in [0.2, 0.25) is 0 Å². The topological polar surface area (TPSA) is 32.3 Å². The fourth-order valence-electron chi connectivity index (χ4n) is 2.13. The number of urea groups is 1. The molecule has 16 heavy (non-hydrogen) atoms. The first-order chi connectivity index (χ1) is 7.68. The molecule has 1 aliphatic carbocycles. The highest BCUT2D eigenvalue weighted by molar-refractivity contribution is 5.90. The number of nitrogens with one attached hydrogen (secondary N) is 1. The predicted molar refractivity (Wildman–Crippen MR) is 65.8 cm³/mol. The Bertz CT molecular complexity index is 399. The Morgan fingerprint density at radius 1 is 1.25 bits per heavy atom. The van der Waals surface area contributed by atoms with Gasteiger partial charge in [-0.15, -0.1) is 0 Å². The molecule has 0 radical (unpaired) electrons. The van der Waals surface area contributed by atoms with E-state index in [2.05, 4.69) is 11.4 Å². The van der Waals surface area contributed by atoms with Gasteiger partial charge in [-0.05, 0) is 42.9 Å². The molecule has 3 nitrogen and oxygen atoms in total. The lowest BCUT2D eigenvalue weighted by Gasteiger charge is -2.20. The van der Waals surface area contributed by atoms with Crippen molar-refractivity contribution in [2.45, 2.75) is 25.7 Å². The average molecular weight is 218 g/mol. The van der Waals surface area contributed by atoms with Crippen LogP contribution in [0.15, 0.2) is 18.2 Å². The van der Waals surface area contributed by atoms with Crippen LogP contribution in [-0.2, 0) is 12.8 Å². The SMILES string of the molecule is CN(C)C(=O)Nc1cccc2c1CCCC2. The second-order valence-corrected chi connectivity index (χ2v) is 4.47. The molecule has 2 rings (SSSR count). The van der Waals surface area contributed by atoms with Gasteiger partial charge in [0.2, 0.25) is 0 Å². The highest BCUT2D eigenvalue weighted by atomic mass is 16.2. The number of nitrogens with zero attached hydrogens (tertiary/aromatic N) is 1. The molecule has 0 saturated heterocycles. The lowest BCUT2D eigenvalue weighted by molar-refractivity contribution is 0.230. The van der Waals surface area contributed by atoms with Crippen LogP contribution in [0.1, 0.15) is 24.0 Å². The van der Waals surface area contributed by atoms with Gasteiger partial charge in [0.15, 0.2) is 0 Å². The molecule has 1 aromatic rings. The standard InChI is InChI=1S/C13H18N2O/c1-15(2)13(16)14-12-9-5-7-10-6-3-4-8-11(10)12/h5,7,9H,3-4,6,8H2,1-2H3,(H,14,16). The summed E-state index contributed by atoms with van der Waals surface area (Å²) in [5.41, 5.74) is 3.70. The van der Waals surface area contributed by atoms with E-state index in [0.29, 0.717) is 0 Å². The van der Waals surface area contributed by atoms with Crippen LogP contribution in [0, 0.1) is 0 Å². The van der Waals surface area contributed by atoms with Gasteiger partial charge in [-0.25, -0.2) is 4.79 Å². The molecule has 0 spiro atoms. The van der Waals surface area contributed by atoms with Gasteiger partial charge < -0.3 is 10.2 Å². The van der Waals surface area contributed by atoms with Crippen LogP contribution in [0.25, 0.3) is 0 Å². The van der Waals surface area contributed by atoms with Crippen molar-refractivity contribution in [2.24, 2.45) is 0 Å². The normalized spacial score (nSPS) is 14.1. The van der Waals surface area contributed by atoms with Gasteiger partial charge >= 0.3 is 6.03 Å². The monoisotopic (exact) mass is 218 g/mol. The summed E-state index contributed by atoms with van der Waals surface area (Å²) in [5.74, 6) is 0. The number of carbonyl (C=O) groups excluding carboxylic acids is 1. The Morgan fingerprint density at radius 3 is 2.75 bits per heavy atom. The number of amides is 2. The molecule has 2 amide bonds. The van der Waals surface area contributed by atoms with Gasteiger partial charge in [-0.1, -0.05) is 12.1 Å². The smallest absolute Gasteiger partial charge is 0.321 e. The average Bonchev–Trinajstić information content (AvgIpc) is 2.29. The molecular formula is C13H18N2O. The Labute approximate surface area is 96.5 Å². The molecule has 1 aliphatic rings. The van der Waals surface area contributed by atoms with E-state index in [-0.39, 0.29) is 6.03 Å². The van der Waals surface area contributed by atoms with Crippen molar-refractivity contribution in [3.05, 3.63) is 29.3 Å². The van der Waals surface area contributed by atoms with E-state index in [0.717, 1.165) is 18.5 Å². The third-order valence-corrected chi connectivity index (χ3v) is 3.04. The molecule has 1 N–H and O–H groups in total. The fourth-order valence-corrected chi connectivity index (χ4v) is 2.13. The zero-order valence-electron chi connectivity index (χ0n) is 9.92. The fraction of sp³-hybridized carbons (Fsp3) is 0.462. The van der Waals surface area contributed by atoms with Crippen molar-refractivity contribution < 1.29 is 4.79 Å².